The van der Waals surface area contributed by atoms with E-state index in [2.05, 4.69) is 0 Å². The lowest BCUT2D eigenvalue weighted by atomic mass is 9.85. The van der Waals surface area contributed by atoms with Crippen LogP contribution in [-0.2, 0) is 9.59 Å². The summed E-state index contributed by atoms with van der Waals surface area (Å²) in [6, 6.07) is 15.7. The molecule has 2 aliphatic heterocycles. The zero-order valence-corrected chi connectivity index (χ0v) is 19.4. The highest BCUT2D eigenvalue weighted by atomic mass is 16.5. The Morgan fingerprint density at radius 2 is 1.66 bits per heavy atom. The quantitative estimate of drug-likeness (QED) is 0.298. The number of hydrogen-bond donors (Lipinski definition) is 0. The van der Waals surface area contributed by atoms with Gasteiger partial charge in [0.2, 0.25) is 5.78 Å². The molecule has 0 spiro atoms. The summed E-state index contributed by atoms with van der Waals surface area (Å²) in [4.78, 5) is 41.6. The highest BCUT2D eigenvalue weighted by Gasteiger charge is 2.53. The summed E-state index contributed by atoms with van der Waals surface area (Å²) in [5.41, 5.74) is 1.27. The molecule has 8 heteroatoms. The number of nitrogens with zero attached hydrogens (tertiary/aromatic N) is 1. The lowest BCUT2D eigenvalue weighted by Crippen LogP contribution is -2.31. The number of carbonyl (C=O) groups excluding carboxylic acids is 3. The van der Waals surface area contributed by atoms with Gasteiger partial charge in [-0.05, 0) is 55.5 Å². The molecule has 5 rings (SSSR count). The molecule has 2 heterocycles. The van der Waals surface area contributed by atoms with Crippen LogP contribution in [0.5, 0.6) is 28.7 Å². The van der Waals surface area contributed by atoms with E-state index in [0.717, 1.165) is 0 Å². The molecule has 178 valence electrons. The van der Waals surface area contributed by atoms with E-state index in [1.165, 1.54) is 19.1 Å². The first-order valence-electron chi connectivity index (χ1n) is 11.1. The maximum atomic E-state index is 13.7. The highest BCUT2D eigenvalue weighted by Crippen LogP contribution is 2.50. The zero-order chi connectivity index (χ0) is 24.7. The summed E-state index contributed by atoms with van der Waals surface area (Å²) in [6.45, 7) is 2.36. The fourth-order valence-corrected chi connectivity index (χ4v) is 4.58. The number of hydrogen-bond acceptors (Lipinski definition) is 7. The molecule has 1 saturated heterocycles. The van der Waals surface area contributed by atoms with Crippen molar-refractivity contribution < 1.29 is 33.3 Å². The average molecular weight is 473 g/mol. The molecular weight excluding hydrogens is 450 g/mol. The molecule has 2 aliphatic rings. The molecule has 0 aromatic heterocycles. The van der Waals surface area contributed by atoms with Crippen molar-refractivity contribution in [3.63, 3.8) is 0 Å². The van der Waals surface area contributed by atoms with Gasteiger partial charge in [-0.2, -0.15) is 0 Å². The summed E-state index contributed by atoms with van der Waals surface area (Å²) < 4.78 is 22.4. The van der Waals surface area contributed by atoms with Crippen LogP contribution in [0.25, 0.3) is 0 Å². The van der Waals surface area contributed by atoms with E-state index in [9.17, 15) is 14.4 Å². The van der Waals surface area contributed by atoms with Gasteiger partial charge in [0.05, 0.1) is 26.9 Å². The van der Waals surface area contributed by atoms with Gasteiger partial charge in [0, 0.05) is 28.9 Å². The van der Waals surface area contributed by atoms with Gasteiger partial charge in [0.25, 0.3) is 5.91 Å². The number of methoxy groups -OCH3 is 2. The van der Waals surface area contributed by atoms with E-state index in [1.807, 2.05) is 6.92 Å². The van der Waals surface area contributed by atoms with Crippen LogP contribution < -0.4 is 23.8 Å². The predicted octanol–water partition coefficient (Wildman–Crippen LogP) is 4.36. The fraction of sp³-hybridized carbons (Fsp3) is 0.222. The van der Waals surface area contributed by atoms with E-state index in [1.54, 1.807) is 60.7 Å². The number of amides is 1. The molecule has 0 N–H and O–H groups in total. The van der Waals surface area contributed by atoms with Gasteiger partial charge in [-0.15, -0.1) is 0 Å². The normalized spacial score (nSPS) is 18.1. The summed E-state index contributed by atoms with van der Waals surface area (Å²) in [5.74, 6) is -0.885. The van der Waals surface area contributed by atoms with Crippen LogP contribution in [0.3, 0.4) is 0 Å². The second-order valence-corrected chi connectivity index (χ2v) is 8.12. The summed E-state index contributed by atoms with van der Waals surface area (Å²) in [6.07, 6.45) is 0. The SMILES string of the molecule is CCOc1ccc(C(=O)C2C(=O)C(=O)N3c4ccc(OC)c(c4)Oc4cc(OC)ccc4C23)cc1. The van der Waals surface area contributed by atoms with Crippen molar-refractivity contribution in [3.05, 3.63) is 71.8 Å². The third-order valence-electron chi connectivity index (χ3n) is 6.22. The molecule has 3 aromatic rings. The third kappa shape index (κ3) is 3.67. The molecule has 2 unspecified atom stereocenters. The second kappa shape index (κ2) is 8.79. The molecular formula is C27H23NO7. The van der Waals surface area contributed by atoms with Crippen molar-refractivity contribution in [2.45, 2.75) is 13.0 Å². The van der Waals surface area contributed by atoms with E-state index in [0.29, 0.717) is 52.2 Å². The molecule has 0 saturated carbocycles. The topological polar surface area (TPSA) is 91.4 Å². The van der Waals surface area contributed by atoms with E-state index in [-0.39, 0.29) is 0 Å². The molecule has 1 fully saturated rings. The predicted molar refractivity (Wildman–Crippen MR) is 127 cm³/mol. The van der Waals surface area contributed by atoms with E-state index < -0.39 is 29.4 Å². The zero-order valence-electron chi connectivity index (χ0n) is 19.4. The molecule has 3 aromatic carbocycles. The van der Waals surface area contributed by atoms with E-state index >= 15 is 0 Å². The average Bonchev–Trinajstić information content (AvgIpc) is 3.13. The minimum absolute atomic E-state index is 0.315. The van der Waals surface area contributed by atoms with Crippen molar-refractivity contribution >= 4 is 23.2 Å². The molecule has 0 radical (unpaired) electrons. The Bertz CT molecular complexity index is 1330. The van der Waals surface area contributed by atoms with Gasteiger partial charge >= 0.3 is 0 Å². The lowest BCUT2D eigenvalue weighted by Gasteiger charge is -2.31. The first-order chi connectivity index (χ1) is 17.0. The number of ether oxygens (including phenoxy) is 4. The van der Waals surface area contributed by atoms with Crippen LogP contribution in [0.1, 0.15) is 28.9 Å². The van der Waals surface area contributed by atoms with Crippen LogP contribution in [0, 0.1) is 5.92 Å². The van der Waals surface area contributed by atoms with Crippen LogP contribution >= 0.6 is 0 Å². The number of Topliss-reactive ketones (excluding diaryl/α,β-unsaturated/α-hetero) is 2. The molecule has 8 nitrogen and oxygen atoms in total. The molecule has 1 amide bonds. The smallest absolute Gasteiger partial charge is 0.295 e. The van der Waals surface area contributed by atoms with Gasteiger partial charge in [-0.1, -0.05) is 0 Å². The summed E-state index contributed by atoms with van der Waals surface area (Å²) in [7, 11) is 3.04. The number of rotatable bonds is 6. The van der Waals surface area contributed by atoms with Crippen LogP contribution in [-0.4, -0.2) is 38.3 Å². The third-order valence-corrected chi connectivity index (χ3v) is 6.22. The Morgan fingerprint density at radius 3 is 2.34 bits per heavy atom. The Balaban J connectivity index is 1.66. The van der Waals surface area contributed by atoms with Crippen molar-refractivity contribution in [3.8, 4) is 28.7 Å². The molecule has 2 bridgehead atoms. The molecule has 35 heavy (non-hydrogen) atoms. The number of carbonyl (C=O) groups is 3. The van der Waals surface area contributed by atoms with Gasteiger partial charge in [0.15, 0.2) is 17.3 Å². The van der Waals surface area contributed by atoms with Gasteiger partial charge in [0.1, 0.15) is 23.2 Å². The van der Waals surface area contributed by atoms with Gasteiger partial charge < -0.3 is 18.9 Å². The van der Waals surface area contributed by atoms with Crippen LogP contribution in [0.2, 0.25) is 0 Å². The van der Waals surface area contributed by atoms with Crippen LogP contribution in [0.15, 0.2) is 60.7 Å². The van der Waals surface area contributed by atoms with Crippen LogP contribution in [0.4, 0.5) is 5.69 Å². The van der Waals surface area contributed by atoms with Crippen molar-refractivity contribution in [2.75, 3.05) is 25.7 Å². The summed E-state index contributed by atoms with van der Waals surface area (Å²) in [5, 5.41) is 0. The number of fused-ring (bicyclic) bond motifs is 6. The Kier molecular flexibility index (Phi) is 5.64. The Labute approximate surface area is 202 Å². The number of benzene rings is 3. The minimum atomic E-state index is -1.25. The first-order valence-corrected chi connectivity index (χ1v) is 11.1. The minimum Gasteiger partial charge on any atom is -0.497 e. The molecule has 2 atom stereocenters. The standard InChI is InChI=1S/C27H23NO7/c1-4-34-17-8-5-15(6-9-17)25(29)23-24-19-11-10-18(32-2)14-21(19)35-22-13-16(7-12-20(22)33-3)28(24)27(31)26(23)30/h5-14,23-24H,4H2,1-3H3. The largest absolute Gasteiger partial charge is 0.497 e. The van der Waals surface area contributed by atoms with E-state index in [4.69, 9.17) is 18.9 Å². The Hall–Kier alpha value is -4.33. The lowest BCUT2D eigenvalue weighted by molar-refractivity contribution is -0.135. The summed E-state index contributed by atoms with van der Waals surface area (Å²) >= 11 is 0. The van der Waals surface area contributed by atoms with Gasteiger partial charge in [-0.25, -0.2) is 0 Å². The molecule has 0 aliphatic carbocycles. The van der Waals surface area contributed by atoms with Gasteiger partial charge in [-0.3, -0.25) is 19.3 Å². The number of anilines is 1. The monoisotopic (exact) mass is 473 g/mol. The Morgan fingerprint density at radius 1 is 0.914 bits per heavy atom. The highest BCUT2D eigenvalue weighted by molar-refractivity contribution is 6.49. The van der Waals surface area contributed by atoms with Crippen molar-refractivity contribution in [1.82, 2.24) is 0 Å². The fourth-order valence-electron chi connectivity index (χ4n) is 4.58. The first kappa shape index (κ1) is 22.5. The maximum absolute atomic E-state index is 13.7. The van der Waals surface area contributed by atoms with Crippen molar-refractivity contribution in [1.29, 1.82) is 0 Å². The van der Waals surface area contributed by atoms with Crippen molar-refractivity contribution in [2.24, 2.45) is 5.92 Å². The second-order valence-electron chi connectivity index (χ2n) is 8.12. The maximum Gasteiger partial charge on any atom is 0.295 e. The number of ketones is 2.